The van der Waals surface area contributed by atoms with Gasteiger partial charge in [0.05, 0.1) is 5.69 Å². The Bertz CT molecular complexity index is 632. The van der Waals surface area contributed by atoms with Gasteiger partial charge in [-0.15, -0.1) is 0 Å². The van der Waals surface area contributed by atoms with Crippen LogP contribution in [0.4, 0.5) is 0 Å². The van der Waals surface area contributed by atoms with E-state index >= 15 is 0 Å². The van der Waals surface area contributed by atoms with E-state index in [2.05, 4.69) is 17.2 Å². The number of hydrogen-bond donors (Lipinski definition) is 1. The number of pyridine rings is 1. The monoisotopic (exact) mass is 271 g/mol. The average Bonchev–Trinajstić information content (AvgIpc) is 2.80. The van der Waals surface area contributed by atoms with Crippen LogP contribution >= 0.6 is 0 Å². The van der Waals surface area contributed by atoms with Crippen molar-refractivity contribution in [2.45, 2.75) is 45.6 Å². The number of nitrogens with zero attached hydrogens (tertiary/aromatic N) is 2. The Morgan fingerprint density at radius 1 is 1.40 bits per heavy atom. The van der Waals surface area contributed by atoms with E-state index < -0.39 is 0 Å². The van der Waals surface area contributed by atoms with Gasteiger partial charge in [0.1, 0.15) is 5.65 Å². The summed E-state index contributed by atoms with van der Waals surface area (Å²) in [5.74, 6) is 0.594. The van der Waals surface area contributed by atoms with Gasteiger partial charge in [0.2, 0.25) is 0 Å². The first-order valence-electron chi connectivity index (χ1n) is 7.40. The van der Waals surface area contributed by atoms with Crippen LogP contribution < -0.4 is 5.32 Å². The highest BCUT2D eigenvalue weighted by atomic mass is 16.1. The maximum Gasteiger partial charge on any atom is 0.251 e. The summed E-state index contributed by atoms with van der Waals surface area (Å²) in [5, 5.41) is 3.18. The van der Waals surface area contributed by atoms with Gasteiger partial charge in [0.25, 0.3) is 5.91 Å². The Hall–Kier alpha value is -1.84. The predicted molar refractivity (Wildman–Crippen MR) is 78.8 cm³/mol. The Labute approximate surface area is 119 Å². The third-order valence-electron chi connectivity index (χ3n) is 4.27. The molecule has 0 bridgehead atoms. The molecule has 1 aliphatic carbocycles. The van der Waals surface area contributed by atoms with Crippen molar-refractivity contribution in [1.29, 1.82) is 0 Å². The summed E-state index contributed by atoms with van der Waals surface area (Å²) in [4.78, 5) is 16.8. The molecule has 4 heteroatoms. The third-order valence-corrected chi connectivity index (χ3v) is 4.27. The summed E-state index contributed by atoms with van der Waals surface area (Å²) >= 11 is 0. The highest BCUT2D eigenvalue weighted by Gasteiger charge is 2.23. The number of rotatable bonds is 2. The van der Waals surface area contributed by atoms with E-state index in [9.17, 15) is 4.79 Å². The largest absolute Gasteiger partial charge is 0.349 e. The molecule has 2 unspecified atom stereocenters. The number of aryl methyl sites for hydroxylation is 1. The quantitative estimate of drug-likeness (QED) is 0.912. The molecule has 1 N–H and O–H groups in total. The number of amides is 1. The number of carbonyl (C=O) groups excluding carboxylic acids is 1. The highest BCUT2D eigenvalue weighted by molar-refractivity contribution is 5.95. The first-order valence-corrected chi connectivity index (χ1v) is 7.40. The van der Waals surface area contributed by atoms with Crippen molar-refractivity contribution in [1.82, 2.24) is 14.7 Å². The molecule has 1 amide bonds. The summed E-state index contributed by atoms with van der Waals surface area (Å²) in [7, 11) is 0. The number of fused-ring (bicyclic) bond motifs is 1. The maximum atomic E-state index is 12.4. The fourth-order valence-electron chi connectivity index (χ4n) is 3.03. The normalized spacial score (nSPS) is 22.9. The fourth-order valence-corrected chi connectivity index (χ4v) is 3.03. The zero-order chi connectivity index (χ0) is 14.1. The van der Waals surface area contributed by atoms with Gasteiger partial charge in [-0.25, -0.2) is 4.98 Å². The molecular formula is C16H21N3O. The molecule has 0 aliphatic heterocycles. The van der Waals surface area contributed by atoms with Crippen LogP contribution in [0.3, 0.4) is 0 Å². The smallest absolute Gasteiger partial charge is 0.251 e. The zero-order valence-electron chi connectivity index (χ0n) is 12.1. The van der Waals surface area contributed by atoms with Crippen molar-refractivity contribution < 1.29 is 4.79 Å². The topological polar surface area (TPSA) is 46.4 Å². The first kappa shape index (κ1) is 13.2. The second-order valence-electron chi connectivity index (χ2n) is 5.90. The molecule has 2 heterocycles. The average molecular weight is 271 g/mol. The molecule has 106 valence electrons. The highest BCUT2D eigenvalue weighted by Crippen LogP contribution is 2.24. The number of imidazole rings is 1. The minimum absolute atomic E-state index is 0.0203. The SMILES string of the molecule is Cc1cn2ccc(C(=O)NC3CCCCC3C)cc2n1. The maximum absolute atomic E-state index is 12.4. The van der Waals surface area contributed by atoms with Gasteiger partial charge in [0, 0.05) is 24.0 Å². The van der Waals surface area contributed by atoms with Gasteiger partial charge < -0.3 is 9.72 Å². The molecule has 2 aromatic heterocycles. The fraction of sp³-hybridized carbons (Fsp3) is 0.500. The van der Waals surface area contributed by atoms with E-state index in [4.69, 9.17) is 0 Å². The van der Waals surface area contributed by atoms with Gasteiger partial charge in [-0.05, 0) is 37.8 Å². The predicted octanol–water partition coefficient (Wildman–Crippen LogP) is 2.95. The Balaban J connectivity index is 1.77. The standard InChI is InChI=1S/C16H21N3O/c1-11-5-3-4-6-14(11)18-16(20)13-7-8-19-10-12(2)17-15(19)9-13/h7-11,14H,3-6H2,1-2H3,(H,18,20). The van der Waals surface area contributed by atoms with Gasteiger partial charge in [0.15, 0.2) is 0 Å². The molecule has 3 rings (SSSR count). The Morgan fingerprint density at radius 2 is 2.20 bits per heavy atom. The van der Waals surface area contributed by atoms with Crippen molar-refractivity contribution in [2.24, 2.45) is 5.92 Å². The summed E-state index contributed by atoms with van der Waals surface area (Å²) in [5.41, 5.74) is 2.48. The number of carbonyl (C=O) groups is 1. The van der Waals surface area contributed by atoms with Crippen LogP contribution in [0.5, 0.6) is 0 Å². The van der Waals surface area contributed by atoms with Gasteiger partial charge >= 0.3 is 0 Å². The van der Waals surface area contributed by atoms with E-state index in [0.29, 0.717) is 17.5 Å². The number of hydrogen-bond acceptors (Lipinski definition) is 2. The second kappa shape index (κ2) is 5.27. The summed E-state index contributed by atoms with van der Waals surface area (Å²) in [6, 6.07) is 4.03. The molecule has 1 fully saturated rings. The van der Waals surface area contributed by atoms with Crippen molar-refractivity contribution >= 4 is 11.6 Å². The Morgan fingerprint density at radius 3 is 3.00 bits per heavy atom. The second-order valence-corrected chi connectivity index (χ2v) is 5.90. The molecule has 4 nitrogen and oxygen atoms in total. The van der Waals surface area contributed by atoms with Crippen LogP contribution in [0.1, 0.15) is 48.7 Å². The summed E-state index contributed by atoms with van der Waals surface area (Å²) in [6.45, 7) is 4.18. The summed E-state index contributed by atoms with van der Waals surface area (Å²) < 4.78 is 1.94. The van der Waals surface area contributed by atoms with Crippen molar-refractivity contribution in [3.8, 4) is 0 Å². The van der Waals surface area contributed by atoms with Gasteiger partial charge in [-0.1, -0.05) is 19.8 Å². The lowest BCUT2D eigenvalue weighted by atomic mass is 9.86. The number of nitrogens with one attached hydrogen (secondary N) is 1. The number of aromatic nitrogens is 2. The zero-order valence-corrected chi connectivity index (χ0v) is 12.1. The molecule has 0 aromatic carbocycles. The third kappa shape index (κ3) is 2.55. The van der Waals surface area contributed by atoms with Crippen LogP contribution in [0.15, 0.2) is 24.5 Å². The molecular weight excluding hydrogens is 250 g/mol. The van der Waals surface area contributed by atoms with Crippen molar-refractivity contribution in [2.75, 3.05) is 0 Å². The van der Waals surface area contributed by atoms with Crippen LogP contribution in [-0.4, -0.2) is 21.3 Å². The molecule has 0 radical (unpaired) electrons. The van der Waals surface area contributed by atoms with E-state index in [-0.39, 0.29) is 5.91 Å². The van der Waals surface area contributed by atoms with Crippen LogP contribution in [-0.2, 0) is 0 Å². The minimum atomic E-state index is 0.0203. The van der Waals surface area contributed by atoms with Crippen molar-refractivity contribution in [3.05, 3.63) is 35.8 Å². The lowest BCUT2D eigenvalue weighted by molar-refractivity contribution is 0.0910. The lowest BCUT2D eigenvalue weighted by Crippen LogP contribution is -2.41. The molecule has 20 heavy (non-hydrogen) atoms. The molecule has 0 saturated heterocycles. The van der Waals surface area contributed by atoms with Crippen molar-refractivity contribution in [3.63, 3.8) is 0 Å². The molecule has 1 saturated carbocycles. The van der Waals surface area contributed by atoms with Crippen LogP contribution in [0.2, 0.25) is 0 Å². The van der Waals surface area contributed by atoms with E-state index in [1.54, 1.807) is 0 Å². The molecule has 1 aliphatic rings. The van der Waals surface area contributed by atoms with E-state index in [1.165, 1.54) is 19.3 Å². The van der Waals surface area contributed by atoms with E-state index in [0.717, 1.165) is 17.8 Å². The van der Waals surface area contributed by atoms with Crippen LogP contribution in [0, 0.1) is 12.8 Å². The Kier molecular flexibility index (Phi) is 3.47. The molecule has 2 aromatic rings. The van der Waals surface area contributed by atoms with Gasteiger partial charge in [-0.3, -0.25) is 4.79 Å². The lowest BCUT2D eigenvalue weighted by Gasteiger charge is -2.29. The van der Waals surface area contributed by atoms with Crippen LogP contribution in [0.25, 0.3) is 5.65 Å². The van der Waals surface area contributed by atoms with E-state index in [1.807, 2.05) is 35.9 Å². The minimum Gasteiger partial charge on any atom is -0.349 e. The molecule has 2 atom stereocenters. The van der Waals surface area contributed by atoms with Gasteiger partial charge in [-0.2, -0.15) is 0 Å². The summed E-state index contributed by atoms with van der Waals surface area (Å²) in [6.07, 6.45) is 8.66. The molecule has 0 spiro atoms. The first-order chi connectivity index (χ1) is 9.63.